The number of hydrogen-bond acceptors (Lipinski definition) is 3. The van der Waals surface area contributed by atoms with Crippen LogP contribution in [0, 0.1) is 17.1 Å². The number of rotatable bonds is 7. The second kappa shape index (κ2) is 9.48. The molecule has 28 heavy (non-hydrogen) atoms. The lowest BCUT2D eigenvalue weighted by atomic mass is 10.1. The molecule has 0 aliphatic heterocycles. The molecule has 2 N–H and O–H groups in total. The predicted octanol–water partition coefficient (Wildman–Crippen LogP) is 5.01. The van der Waals surface area contributed by atoms with E-state index < -0.39 is 0 Å². The van der Waals surface area contributed by atoms with Crippen LogP contribution in [0.4, 0.5) is 4.39 Å². The van der Waals surface area contributed by atoms with Crippen LogP contribution in [0.15, 0.2) is 66.7 Å². The summed E-state index contributed by atoms with van der Waals surface area (Å²) in [5, 5.41) is 9.40. The molecule has 0 amide bonds. The Morgan fingerprint density at radius 3 is 1.96 bits per heavy atom. The van der Waals surface area contributed by atoms with E-state index in [0.29, 0.717) is 42.3 Å². The van der Waals surface area contributed by atoms with Crippen molar-refractivity contribution in [1.29, 1.82) is 5.26 Å². The second-order valence-corrected chi connectivity index (χ2v) is 7.08. The maximum Gasteiger partial charge on any atom is 0.129 e. The van der Waals surface area contributed by atoms with Crippen LogP contribution in [-0.2, 0) is 26.2 Å². The van der Waals surface area contributed by atoms with Gasteiger partial charge in [0.2, 0.25) is 0 Å². The van der Waals surface area contributed by atoms with Crippen molar-refractivity contribution in [2.75, 3.05) is 0 Å². The van der Waals surface area contributed by atoms with Gasteiger partial charge in [0.05, 0.1) is 11.6 Å². The lowest BCUT2D eigenvalue weighted by Gasteiger charge is -2.24. The molecule has 3 rings (SSSR count). The quantitative estimate of drug-likeness (QED) is 0.613. The highest BCUT2D eigenvalue weighted by Crippen LogP contribution is 2.23. The third-order valence-corrected chi connectivity index (χ3v) is 4.95. The van der Waals surface area contributed by atoms with E-state index in [9.17, 15) is 4.39 Å². The monoisotopic (exact) mass is 393 g/mol. The Bertz CT molecular complexity index is 942. The van der Waals surface area contributed by atoms with Gasteiger partial charge in [-0.15, -0.1) is 0 Å². The Hall–Kier alpha value is -2.71. The summed E-state index contributed by atoms with van der Waals surface area (Å²) < 4.78 is 14.3. The minimum atomic E-state index is -0.309. The molecule has 0 radical (unpaired) electrons. The van der Waals surface area contributed by atoms with Gasteiger partial charge >= 0.3 is 0 Å². The van der Waals surface area contributed by atoms with Crippen LogP contribution in [0.1, 0.15) is 27.8 Å². The van der Waals surface area contributed by atoms with Crippen molar-refractivity contribution in [3.8, 4) is 6.07 Å². The standard InChI is InChI=1S/C23H21ClFN3/c24-22-2-1-3-23(25)21(22)16-28(14-19-8-4-17(12-26)5-9-19)15-20-10-6-18(13-27)7-11-20/h1-11H,12,14-16,26H2. The van der Waals surface area contributed by atoms with Gasteiger partial charge in [-0.05, 0) is 41.0 Å². The van der Waals surface area contributed by atoms with Crippen molar-refractivity contribution in [3.05, 3.63) is 105 Å². The number of nitrogens with zero attached hydrogens (tertiary/aromatic N) is 2. The lowest BCUT2D eigenvalue weighted by Crippen LogP contribution is -2.23. The van der Waals surface area contributed by atoms with Gasteiger partial charge in [-0.1, -0.05) is 54.1 Å². The van der Waals surface area contributed by atoms with E-state index in [2.05, 4.69) is 11.0 Å². The predicted molar refractivity (Wildman–Crippen MR) is 110 cm³/mol. The molecule has 0 unspecified atom stereocenters. The summed E-state index contributed by atoms with van der Waals surface area (Å²) in [7, 11) is 0. The highest BCUT2D eigenvalue weighted by molar-refractivity contribution is 6.31. The van der Waals surface area contributed by atoms with Crippen LogP contribution in [0.25, 0.3) is 0 Å². The molecular weight excluding hydrogens is 373 g/mol. The molecule has 0 aliphatic carbocycles. The fourth-order valence-corrected chi connectivity index (χ4v) is 3.28. The normalized spacial score (nSPS) is 10.8. The summed E-state index contributed by atoms with van der Waals surface area (Å²) in [5.41, 5.74) is 10.00. The summed E-state index contributed by atoms with van der Waals surface area (Å²) in [6.45, 7) is 2.12. The second-order valence-electron chi connectivity index (χ2n) is 6.67. The Morgan fingerprint density at radius 2 is 1.43 bits per heavy atom. The van der Waals surface area contributed by atoms with Gasteiger partial charge in [-0.25, -0.2) is 4.39 Å². The highest BCUT2D eigenvalue weighted by atomic mass is 35.5. The number of benzene rings is 3. The fraction of sp³-hybridized carbons (Fsp3) is 0.174. The maximum atomic E-state index is 14.3. The summed E-state index contributed by atoms with van der Waals surface area (Å²) >= 11 is 6.24. The zero-order valence-corrected chi connectivity index (χ0v) is 16.2. The molecule has 0 saturated heterocycles. The molecule has 142 valence electrons. The maximum absolute atomic E-state index is 14.3. The molecule has 0 spiro atoms. The molecule has 0 bridgehead atoms. The Morgan fingerprint density at radius 1 is 0.857 bits per heavy atom. The Labute approximate surface area is 169 Å². The molecule has 0 aliphatic rings. The molecule has 3 aromatic rings. The van der Waals surface area contributed by atoms with Crippen LogP contribution in [0.3, 0.4) is 0 Å². The first kappa shape index (κ1) is 20.0. The van der Waals surface area contributed by atoms with Crippen molar-refractivity contribution in [2.45, 2.75) is 26.2 Å². The van der Waals surface area contributed by atoms with Gasteiger partial charge in [0.1, 0.15) is 5.82 Å². The lowest BCUT2D eigenvalue weighted by molar-refractivity contribution is 0.244. The Kier molecular flexibility index (Phi) is 6.78. The van der Waals surface area contributed by atoms with E-state index in [1.165, 1.54) is 6.07 Å². The zero-order chi connectivity index (χ0) is 19.9. The fourth-order valence-electron chi connectivity index (χ4n) is 3.06. The van der Waals surface area contributed by atoms with E-state index >= 15 is 0 Å². The number of hydrogen-bond donors (Lipinski definition) is 1. The summed E-state index contributed by atoms with van der Waals surface area (Å²) in [4.78, 5) is 2.13. The van der Waals surface area contributed by atoms with Gasteiger partial charge in [0.25, 0.3) is 0 Å². The number of halogens is 2. The smallest absolute Gasteiger partial charge is 0.129 e. The third-order valence-electron chi connectivity index (χ3n) is 4.60. The zero-order valence-electron chi connectivity index (χ0n) is 15.4. The molecule has 0 fully saturated rings. The van der Waals surface area contributed by atoms with Crippen molar-refractivity contribution in [3.63, 3.8) is 0 Å². The third kappa shape index (κ3) is 5.17. The van der Waals surface area contributed by atoms with Gasteiger partial charge < -0.3 is 5.73 Å². The summed E-state index contributed by atoms with van der Waals surface area (Å²) in [6, 6.07) is 22.4. The molecular formula is C23H21ClFN3. The van der Waals surface area contributed by atoms with Gasteiger partial charge in [-0.2, -0.15) is 5.26 Å². The molecule has 5 heteroatoms. The molecule has 3 nitrogen and oxygen atoms in total. The van der Waals surface area contributed by atoms with Gasteiger partial charge in [-0.3, -0.25) is 4.90 Å². The minimum absolute atomic E-state index is 0.309. The number of nitriles is 1. The SMILES string of the molecule is N#Cc1ccc(CN(Cc2ccc(CN)cc2)Cc2c(F)cccc2Cl)cc1. The van der Waals surface area contributed by atoms with E-state index in [1.807, 2.05) is 36.4 Å². The molecule has 0 aromatic heterocycles. The van der Waals surface area contributed by atoms with E-state index in [4.69, 9.17) is 22.6 Å². The van der Waals surface area contributed by atoms with Crippen LogP contribution in [0.2, 0.25) is 5.02 Å². The van der Waals surface area contributed by atoms with Crippen molar-refractivity contribution in [2.24, 2.45) is 5.73 Å². The average Bonchev–Trinajstić information content (AvgIpc) is 2.72. The van der Waals surface area contributed by atoms with Crippen LogP contribution < -0.4 is 5.73 Å². The molecule has 3 aromatic carbocycles. The van der Waals surface area contributed by atoms with Crippen LogP contribution in [-0.4, -0.2) is 4.90 Å². The minimum Gasteiger partial charge on any atom is -0.326 e. The summed E-state index contributed by atoms with van der Waals surface area (Å²) in [5.74, 6) is -0.309. The molecule has 0 atom stereocenters. The van der Waals surface area contributed by atoms with Crippen LogP contribution >= 0.6 is 11.6 Å². The average molecular weight is 394 g/mol. The Balaban J connectivity index is 1.84. The van der Waals surface area contributed by atoms with Crippen molar-refractivity contribution in [1.82, 2.24) is 4.90 Å². The van der Waals surface area contributed by atoms with Crippen molar-refractivity contribution < 1.29 is 4.39 Å². The van der Waals surface area contributed by atoms with E-state index in [-0.39, 0.29) is 5.82 Å². The highest BCUT2D eigenvalue weighted by Gasteiger charge is 2.14. The van der Waals surface area contributed by atoms with E-state index in [0.717, 1.165) is 16.7 Å². The largest absolute Gasteiger partial charge is 0.326 e. The van der Waals surface area contributed by atoms with E-state index in [1.54, 1.807) is 24.3 Å². The molecule has 0 saturated carbocycles. The summed E-state index contributed by atoms with van der Waals surface area (Å²) in [6.07, 6.45) is 0. The van der Waals surface area contributed by atoms with Crippen molar-refractivity contribution >= 4 is 11.6 Å². The first-order valence-corrected chi connectivity index (χ1v) is 9.39. The molecule has 0 heterocycles. The topological polar surface area (TPSA) is 53.0 Å². The van der Waals surface area contributed by atoms with Gasteiger partial charge in [0, 0.05) is 36.8 Å². The first-order chi connectivity index (χ1) is 13.6. The number of nitrogens with two attached hydrogens (primary N) is 1. The first-order valence-electron chi connectivity index (χ1n) is 9.01. The van der Waals surface area contributed by atoms with Crippen LogP contribution in [0.5, 0.6) is 0 Å². The van der Waals surface area contributed by atoms with Gasteiger partial charge in [0.15, 0.2) is 0 Å².